The first-order valence-electron chi connectivity index (χ1n) is 6.57. The molecule has 0 aromatic rings. The lowest BCUT2D eigenvalue weighted by atomic mass is 9.66. The predicted octanol–water partition coefficient (Wildman–Crippen LogP) is 0.450. The number of hydrogen-bond donors (Lipinski definition) is 4. The molecule has 0 spiro atoms. The summed E-state index contributed by atoms with van der Waals surface area (Å²) in [5.74, 6) is -10.4. The van der Waals surface area contributed by atoms with Crippen molar-refractivity contribution in [2.75, 3.05) is 0 Å². The second-order valence-corrected chi connectivity index (χ2v) is 5.31. The van der Waals surface area contributed by atoms with E-state index >= 15 is 0 Å². The van der Waals surface area contributed by atoms with Gasteiger partial charge in [0.25, 0.3) is 0 Å². The fourth-order valence-electron chi connectivity index (χ4n) is 3.16. The molecule has 0 saturated carbocycles. The number of allylic oxidation sites excluding steroid dienone is 2. The van der Waals surface area contributed by atoms with Gasteiger partial charge in [-0.3, -0.25) is 19.2 Å². The highest BCUT2D eigenvalue weighted by atomic mass is 16.4. The van der Waals surface area contributed by atoms with E-state index in [1.165, 1.54) is 12.2 Å². The standard InChI is InChI=1S/C14H14O8/c15-11(16)7-3-1-5-6(10(7)14(21)22)2-4-8(12(17)18)9(5)13(19)20/h1-2,7-10H,3-4H2,(H,15,16)(H,17,18)(H,19,20)(H,21,22). The molecule has 4 unspecified atom stereocenters. The Kier molecular flexibility index (Phi) is 4.03. The predicted molar refractivity (Wildman–Crippen MR) is 69.9 cm³/mol. The summed E-state index contributed by atoms with van der Waals surface area (Å²) in [4.78, 5) is 45.2. The van der Waals surface area contributed by atoms with E-state index in [1.54, 1.807) is 0 Å². The van der Waals surface area contributed by atoms with E-state index in [-0.39, 0.29) is 24.0 Å². The van der Waals surface area contributed by atoms with Crippen LogP contribution < -0.4 is 0 Å². The molecule has 8 heteroatoms. The second-order valence-electron chi connectivity index (χ2n) is 5.31. The minimum Gasteiger partial charge on any atom is -0.481 e. The summed E-state index contributed by atoms with van der Waals surface area (Å²) < 4.78 is 0. The number of carboxylic acids is 4. The average Bonchev–Trinajstić information content (AvgIpc) is 2.43. The third-order valence-corrected chi connectivity index (χ3v) is 4.16. The van der Waals surface area contributed by atoms with Crippen LogP contribution in [0, 0.1) is 23.7 Å². The van der Waals surface area contributed by atoms with Crippen LogP contribution in [0.2, 0.25) is 0 Å². The Morgan fingerprint density at radius 1 is 0.682 bits per heavy atom. The Morgan fingerprint density at radius 2 is 1.00 bits per heavy atom. The van der Waals surface area contributed by atoms with Crippen molar-refractivity contribution in [2.45, 2.75) is 12.8 Å². The van der Waals surface area contributed by atoms with Gasteiger partial charge in [0.05, 0.1) is 23.7 Å². The summed E-state index contributed by atoms with van der Waals surface area (Å²) in [7, 11) is 0. The van der Waals surface area contributed by atoms with Gasteiger partial charge in [0, 0.05) is 0 Å². The van der Waals surface area contributed by atoms with Crippen molar-refractivity contribution < 1.29 is 39.6 Å². The molecule has 8 nitrogen and oxygen atoms in total. The molecule has 2 aliphatic rings. The van der Waals surface area contributed by atoms with Gasteiger partial charge in [-0.2, -0.15) is 0 Å². The van der Waals surface area contributed by atoms with Crippen LogP contribution in [-0.2, 0) is 19.2 Å². The first-order chi connectivity index (χ1) is 10.3. The Labute approximate surface area is 124 Å². The van der Waals surface area contributed by atoms with Crippen LogP contribution in [-0.4, -0.2) is 44.3 Å². The van der Waals surface area contributed by atoms with Crippen molar-refractivity contribution in [1.82, 2.24) is 0 Å². The van der Waals surface area contributed by atoms with E-state index in [0.29, 0.717) is 0 Å². The minimum atomic E-state index is -1.37. The van der Waals surface area contributed by atoms with Gasteiger partial charge < -0.3 is 20.4 Å². The summed E-state index contributed by atoms with van der Waals surface area (Å²) in [5, 5.41) is 36.9. The zero-order valence-electron chi connectivity index (χ0n) is 11.3. The fraction of sp³-hybridized carbons (Fsp3) is 0.429. The van der Waals surface area contributed by atoms with E-state index in [1.807, 2.05) is 0 Å². The summed E-state index contributed by atoms with van der Waals surface area (Å²) in [6.07, 6.45) is 2.40. The molecule has 0 amide bonds. The summed E-state index contributed by atoms with van der Waals surface area (Å²) in [6, 6.07) is 0. The van der Waals surface area contributed by atoms with Crippen molar-refractivity contribution in [3.8, 4) is 0 Å². The van der Waals surface area contributed by atoms with Crippen LogP contribution in [0.4, 0.5) is 0 Å². The number of fused-ring (bicyclic) bond motifs is 1. The monoisotopic (exact) mass is 310 g/mol. The zero-order valence-corrected chi connectivity index (χ0v) is 11.3. The van der Waals surface area contributed by atoms with Crippen molar-refractivity contribution in [2.24, 2.45) is 23.7 Å². The molecule has 22 heavy (non-hydrogen) atoms. The molecular formula is C14H14O8. The molecule has 2 rings (SSSR count). The van der Waals surface area contributed by atoms with E-state index in [2.05, 4.69) is 0 Å². The highest BCUT2D eigenvalue weighted by molar-refractivity contribution is 5.89. The SMILES string of the molecule is O=C(O)C1CC=C2C(=CCC(C(=O)O)C2C(=O)O)C1C(=O)O. The Balaban J connectivity index is 2.53. The maximum absolute atomic E-state index is 11.4. The Morgan fingerprint density at radius 3 is 1.23 bits per heavy atom. The summed E-state index contributed by atoms with van der Waals surface area (Å²) in [6.45, 7) is 0. The molecule has 0 saturated heterocycles. The van der Waals surface area contributed by atoms with E-state index in [0.717, 1.165) is 0 Å². The van der Waals surface area contributed by atoms with Crippen molar-refractivity contribution in [1.29, 1.82) is 0 Å². The first kappa shape index (κ1) is 15.7. The minimum absolute atomic E-state index is 0.107. The quantitative estimate of drug-likeness (QED) is 0.584. The highest BCUT2D eigenvalue weighted by Crippen LogP contribution is 2.44. The van der Waals surface area contributed by atoms with Crippen LogP contribution in [0.1, 0.15) is 12.8 Å². The van der Waals surface area contributed by atoms with Crippen LogP contribution in [0.25, 0.3) is 0 Å². The molecule has 0 aromatic heterocycles. The average molecular weight is 310 g/mol. The smallest absolute Gasteiger partial charge is 0.311 e. The largest absolute Gasteiger partial charge is 0.481 e. The van der Waals surface area contributed by atoms with Gasteiger partial charge in [0.2, 0.25) is 0 Å². The number of aliphatic carboxylic acids is 4. The molecule has 2 aliphatic carbocycles. The van der Waals surface area contributed by atoms with E-state index in [4.69, 9.17) is 10.2 Å². The maximum atomic E-state index is 11.4. The molecule has 0 fully saturated rings. The topological polar surface area (TPSA) is 149 Å². The van der Waals surface area contributed by atoms with Gasteiger partial charge in [-0.05, 0) is 24.0 Å². The van der Waals surface area contributed by atoms with Crippen molar-refractivity contribution >= 4 is 23.9 Å². The molecule has 0 heterocycles. The lowest BCUT2D eigenvalue weighted by Crippen LogP contribution is -2.41. The third-order valence-electron chi connectivity index (χ3n) is 4.16. The van der Waals surface area contributed by atoms with Crippen molar-refractivity contribution in [3.63, 3.8) is 0 Å². The zero-order chi connectivity index (χ0) is 16.6. The molecule has 4 atom stereocenters. The first-order valence-corrected chi connectivity index (χ1v) is 6.57. The normalized spacial score (nSPS) is 30.5. The van der Waals surface area contributed by atoms with Gasteiger partial charge in [-0.25, -0.2) is 0 Å². The highest BCUT2D eigenvalue weighted by Gasteiger charge is 2.47. The van der Waals surface area contributed by atoms with Crippen LogP contribution in [0.3, 0.4) is 0 Å². The van der Waals surface area contributed by atoms with Gasteiger partial charge in [0.1, 0.15) is 0 Å². The van der Waals surface area contributed by atoms with Gasteiger partial charge in [0.15, 0.2) is 0 Å². The molecular weight excluding hydrogens is 296 g/mol. The second kappa shape index (κ2) is 5.63. The molecule has 4 N–H and O–H groups in total. The van der Waals surface area contributed by atoms with E-state index in [9.17, 15) is 29.4 Å². The number of rotatable bonds is 4. The lowest BCUT2D eigenvalue weighted by molar-refractivity contribution is -0.154. The molecule has 0 bridgehead atoms. The Hall–Kier alpha value is -2.64. The van der Waals surface area contributed by atoms with Crippen LogP contribution in [0.15, 0.2) is 23.3 Å². The maximum Gasteiger partial charge on any atom is 0.311 e. The lowest BCUT2D eigenvalue weighted by Gasteiger charge is -2.36. The van der Waals surface area contributed by atoms with Gasteiger partial charge in [-0.1, -0.05) is 12.2 Å². The Bertz CT molecular complexity index is 560. The number of hydrogen-bond acceptors (Lipinski definition) is 4. The van der Waals surface area contributed by atoms with Crippen molar-refractivity contribution in [3.05, 3.63) is 23.3 Å². The van der Waals surface area contributed by atoms with Gasteiger partial charge in [-0.15, -0.1) is 0 Å². The summed E-state index contributed by atoms with van der Waals surface area (Å²) in [5.41, 5.74) is 0.215. The summed E-state index contributed by atoms with van der Waals surface area (Å²) >= 11 is 0. The van der Waals surface area contributed by atoms with Crippen LogP contribution in [0.5, 0.6) is 0 Å². The molecule has 0 aromatic carbocycles. The van der Waals surface area contributed by atoms with Gasteiger partial charge >= 0.3 is 23.9 Å². The number of carbonyl (C=O) groups is 4. The third kappa shape index (κ3) is 2.47. The molecule has 0 radical (unpaired) electrons. The van der Waals surface area contributed by atoms with E-state index < -0.39 is 47.5 Å². The van der Waals surface area contributed by atoms with Crippen LogP contribution >= 0.6 is 0 Å². The molecule has 0 aliphatic heterocycles. The number of carboxylic acid groups (broad SMARTS) is 4. The fourth-order valence-corrected chi connectivity index (χ4v) is 3.16. The molecule has 118 valence electrons.